The molecule has 0 aliphatic rings. The van der Waals surface area contributed by atoms with Crippen molar-refractivity contribution in [3.05, 3.63) is 62.5 Å². The van der Waals surface area contributed by atoms with Crippen LogP contribution in [0.2, 0.25) is 10.0 Å². The Morgan fingerprint density at radius 3 is 2.61 bits per heavy atom. The average molecular weight is 358 g/mol. The van der Waals surface area contributed by atoms with Gasteiger partial charge in [0.25, 0.3) is 5.56 Å². The minimum atomic E-state index is -0.302. The van der Waals surface area contributed by atoms with Gasteiger partial charge in [-0.25, -0.2) is 0 Å². The molecule has 3 nitrogen and oxygen atoms in total. The van der Waals surface area contributed by atoms with Crippen LogP contribution >= 0.6 is 23.2 Å². The van der Waals surface area contributed by atoms with Gasteiger partial charge in [0.2, 0.25) is 0 Å². The monoisotopic (exact) mass is 357 g/mol. The van der Waals surface area contributed by atoms with E-state index in [0.717, 1.165) is 18.4 Å². The van der Waals surface area contributed by atoms with Crippen LogP contribution in [0.5, 0.6) is 5.75 Å². The molecule has 1 aromatic carbocycles. The van der Waals surface area contributed by atoms with Crippen molar-refractivity contribution in [1.82, 2.24) is 4.57 Å². The molecular formula is C17H18Cl2FNO2. The normalized spacial score (nSPS) is 10.7. The molecule has 0 radical (unpaired) electrons. The number of hydrogen-bond donors (Lipinski definition) is 0. The second kappa shape index (κ2) is 8.94. The van der Waals surface area contributed by atoms with E-state index in [1.807, 2.05) is 0 Å². The quantitative estimate of drug-likeness (QED) is 0.640. The Morgan fingerprint density at radius 2 is 1.91 bits per heavy atom. The zero-order valence-electron chi connectivity index (χ0n) is 12.6. The average Bonchev–Trinajstić information content (AvgIpc) is 2.52. The molecular weight excluding hydrogens is 340 g/mol. The highest BCUT2D eigenvalue weighted by Crippen LogP contribution is 2.21. The first-order valence-corrected chi connectivity index (χ1v) is 8.19. The van der Waals surface area contributed by atoms with E-state index < -0.39 is 0 Å². The van der Waals surface area contributed by atoms with Crippen LogP contribution < -0.4 is 10.3 Å². The summed E-state index contributed by atoms with van der Waals surface area (Å²) in [5, 5.41) is 1.08. The summed E-state index contributed by atoms with van der Waals surface area (Å²) in [7, 11) is 0. The molecule has 0 saturated heterocycles. The second-order valence-electron chi connectivity index (χ2n) is 5.16. The van der Waals surface area contributed by atoms with Gasteiger partial charge in [-0.2, -0.15) is 0 Å². The number of rotatable bonds is 8. The van der Waals surface area contributed by atoms with Crippen LogP contribution in [0.1, 0.15) is 24.8 Å². The summed E-state index contributed by atoms with van der Waals surface area (Å²) < 4.78 is 19.0. The number of pyridine rings is 1. The molecule has 6 heteroatoms. The number of hydrogen-bond acceptors (Lipinski definition) is 2. The maximum absolute atomic E-state index is 12.1. The first kappa shape index (κ1) is 17.8. The van der Waals surface area contributed by atoms with E-state index >= 15 is 0 Å². The van der Waals surface area contributed by atoms with Gasteiger partial charge in [-0.1, -0.05) is 29.3 Å². The van der Waals surface area contributed by atoms with Gasteiger partial charge in [0.15, 0.2) is 0 Å². The summed E-state index contributed by atoms with van der Waals surface area (Å²) in [5.74, 6) is 0.522. The van der Waals surface area contributed by atoms with Gasteiger partial charge in [-0.05, 0) is 43.0 Å². The van der Waals surface area contributed by atoms with Gasteiger partial charge in [-0.15, -0.1) is 0 Å². The minimum absolute atomic E-state index is 0.169. The highest BCUT2D eigenvalue weighted by atomic mass is 35.5. The van der Waals surface area contributed by atoms with Gasteiger partial charge < -0.3 is 9.30 Å². The number of nitrogens with zero attached hydrogens (tertiary/aromatic N) is 1. The molecule has 0 aliphatic heterocycles. The fourth-order valence-electron chi connectivity index (χ4n) is 2.11. The third-order valence-corrected chi connectivity index (χ3v) is 3.96. The van der Waals surface area contributed by atoms with Crippen molar-refractivity contribution in [2.24, 2.45) is 0 Å². The maximum atomic E-state index is 12.1. The van der Waals surface area contributed by atoms with Crippen LogP contribution in [0.4, 0.5) is 4.39 Å². The van der Waals surface area contributed by atoms with E-state index in [1.165, 1.54) is 6.07 Å². The lowest BCUT2D eigenvalue weighted by Gasteiger charge is -2.10. The van der Waals surface area contributed by atoms with E-state index in [2.05, 4.69) is 0 Å². The van der Waals surface area contributed by atoms with E-state index in [-0.39, 0.29) is 12.2 Å². The molecule has 0 bridgehead atoms. The van der Waals surface area contributed by atoms with E-state index in [1.54, 1.807) is 35.0 Å². The fourth-order valence-corrected chi connectivity index (χ4v) is 2.58. The molecule has 0 aliphatic carbocycles. The Kier molecular flexibility index (Phi) is 6.93. The molecule has 0 amide bonds. The van der Waals surface area contributed by atoms with Crippen LogP contribution in [-0.2, 0) is 6.54 Å². The topological polar surface area (TPSA) is 31.2 Å². The number of halogens is 3. The third-order valence-electron chi connectivity index (χ3n) is 3.37. The standard InChI is InChI=1S/C17H18Cl2FNO2/c18-14-5-4-13(16(19)10-14)12-21-8-6-15(11-17(21)22)23-9-3-1-2-7-20/h4-6,8,10-11H,1-3,7,9,12H2. The predicted octanol–water partition coefficient (Wildman–Crippen LogP) is 4.72. The largest absolute Gasteiger partial charge is 0.493 e. The number of unbranched alkanes of at least 4 members (excludes halogenated alkanes) is 2. The molecule has 1 aromatic heterocycles. The Balaban J connectivity index is 1.98. The van der Waals surface area contributed by atoms with E-state index in [0.29, 0.717) is 35.4 Å². The van der Waals surface area contributed by atoms with Crippen LogP contribution in [0.25, 0.3) is 0 Å². The van der Waals surface area contributed by atoms with Crippen LogP contribution in [0.15, 0.2) is 41.3 Å². The van der Waals surface area contributed by atoms with Gasteiger partial charge in [0, 0.05) is 22.3 Å². The van der Waals surface area contributed by atoms with Crippen molar-refractivity contribution in [2.45, 2.75) is 25.8 Å². The molecule has 124 valence electrons. The Morgan fingerprint density at radius 1 is 1.09 bits per heavy atom. The summed E-state index contributed by atoms with van der Waals surface area (Å²) in [6.45, 7) is 0.543. The van der Waals surface area contributed by atoms with Crippen molar-refractivity contribution in [2.75, 3.05) is 13.3 Å². The third kappa shape index (κ3) is 5.56. The van der Waals surface area contributed by atoms with Crippen LogP contribution in [-0.4, -0.2) is 17.8 Å². The summed E-state index contributed by atoms with van der Waals surface area (Å²) in [6.07, 6.45) is 3.77. The van der Waals surface area contributed by atoms with Crippen molar-refractivity contribution in [3.63, 3.8) is 0 Å². The lowest BCUT2D eigenvalue weighted by Crippen LogP contribution is -2.19. The van der Waals surface area contributed by atoms with Crippen molar-refractivity contribution >= 4 is 23.2 Å². The summed E-state index contributed by atoms with van der Waals surface area (Å²) in [5.41, 5.74) is 0.648. The number of benzene rings is 1. The molecule has 2 aromatic rings. The first-order valence-electron chi connectivity index (χ1n) is 7.43. The first-order chi connectivity index (χ1) is 11.1. The molecule has 0 fully saturated rings. The van der Waals surface area contributed by atoms with Crippen molar-refractivity contribution < 1.29 is 9.13 Å². The van der Waals surface area contributed by atoms with E-state index in [4.69, 9.17) is 27.9 Å². The summed E-state index contributed by atoms with van der Waals surface area (Å²) in [6, 6.07) is 8.37. The molecule has 2 rings (SSSR count). The van der Waals surface area contributed by atoms with E-state index in [9.17, 15) is 9.18 Å². The van der Waals surface area contributed by atoms with Crippen LogP contribution in [0.3, 0.4) is 0 Å². The molecule has 0 saturated carbocycles. The Labute approximate surface area is 144 Å². The van der Waals surface area contributed by atoms with Crippen molar-refractivity contribution in [1.29, 1.82) is 0 Å². The van der Waals surface area contributed by atoms with Gasteiger partial charge >= 0.3 is 0 Å². The minimum Gasteiger partial charge on any atom is -0.493 e. The van der Waals surface area contributed by atoms with Crippen LogP contribution in [0, 0.1) is 0 Å². The Hall–Kier alpha value is -1.52. The lowest BCUT2D eigenvalue weighted by molar-refractivity contribution is 0.300. The van der Waals surface area contributed by atoms with Gasteiger partial charge in [0.1, 0.15) is 5.75 Å². The van der Waals surface area contributed by atoms with Gasteiger partial charge in [0.05, 0.1) is 19.8 Å². The SMILES string of the molecule is O=c1cc(OCCCCCF)ccn1Cc1ccc(Cl)cc1Cl. The number of alkyl halides is 1. The smallest absolute Gasteiger partial charge is 0.254 e. The maximum Gasteiger partial charge on any atom is 0.254 e. The molecule has 0 atom stereocenters. The molecule has 1 heterocycles. The Bertz CT molecular complexity index is 703. The summed E-state index contributed by atoms with van der Waals surface area (Å²) in [4.78, 5) is 12.1. The molecule has 0 N–H and O–H groups in total. The molecule has 23 heavy (non-hydrogen) atoms. The summed E-state index contributed by atoms with van der Waals surface area (Å²) >= 11 is 12.0. The number of ether oxygens (including phenoxy) is 1. The highest BCUT2D eigenvalue weighted by molar-refractivity contribution is 6.35. The molecule has 0 unspecified atom stereocenters. The highest BCUT2D eigenvalue weighted by Gasteiger charge is 2.05. The zero-order valence-corrected chi connectivity index (χ0v) is 14.1. The predicted molar refractivity (Wildman–Crippen MR) is 91.6 cm³/mol. The van der Waals surface area contributed by atoms with Crippen molar-refractivity contribution in [3.8, 4) is 5.75 Å². The number of aromatic nitrogens is 1. The molecule has 0 spiro atoms. The second-order valence-corrected chi connectivity index (χ2v) is 6.01. The zero-order chi connectivity index (χ0) is 16.7. The van der Waals surface area contributed by atoms with Gasteiger partial charge in [-0.3, -0.25) is 9.18 Å². The lowest BCUT2D eigenvalue weighted by atomic mass is 10.2. The fraction of sp³-hybridized carbons (Fsp3) is 0.353.